The Morgan fingerprint density at radius 3 is 2.09 bits per heavy atom. The minimum absolute atomic E-state index is 0.00605. The van der Waals surface area contributed by atoms with E-state index in [1.807, 2.05) is 98.2 Å². The summed E-state index contributed by atoms with van der Waals surface area (Å²) in [6.07, 6.45) is 8.23. The standard InChI is InChI=1S/C44H60N6O4/c1-4-6-17-26-49(3)42(52)29-36(22-15-16-25-45)48-44(54)40(28-35-31-46-39-24-14-13-23-38(35)39)50(32-34-20-11-8-12-21-34)43(53)30-37(47-41(51)5-2)27-33-18-9-7-10-19-33/h7-14,18-21,23-24,31,36-37,40,46H,4-6,15-17,22,25-30,32,45H2,1-3H3,(H,47,51)(H,48,54)/t36?,37-,40+/m1/s1. The molecule has 3 atom stereocenters. The van der Waals surface area contributed by atoms with Crippen molar-refractivity contribution in [3.63, 3.8) is 0 Å². The minimum atomic E-state index is -0.912. The normalized spacial score (nSPS) is 12.8. The van der Waals surface area contributed by atoms with Crippen LogP contribution in [0, 0.1) is 0 Å². The predicted molar refractivity (Wildman–Crippen MR) is 216 cm³/mol. The van der Waals surface area contributed by atoms with Gasteiger partial charge < -0.3 is 31.2 Å². The van der Waals surface area contributed by atoms with Crippen LogP contribution in [-0.2, 0) is 38.6 Å². The van der Waals surface area contributed by atoms with Crippen LogP contribution in [0.2, 0.25) is 0 Å². The molecule has 0 spiro atoms. The highest BCUT2D eigenvalue weighted by Crippen LogP contribution is 2.24. The van der Waals surface area contributed by atoms with Crippen molar-refractivity contribution < 1.29 is 19.2 Å². The van der Waals surface area contributed by atoms with Gasteiger partial charge in [-0.2, -0.15) is 0 Å². The topological polar surface area (TPSA) is 141 Å². The summed E-state index contributed by atoms with van der Waals surface area (Å²) in [6, 6.07) is 25.5. The third-order valence-electron chi connectivity index (χ3n) is 10.0. The predicted octanol–water partition coefficient (Wildman–Crippen LogP) is 6.29. The summed E-state index contributed by atoms with van der Waals surface area (Å²) in [5.41, 5.74) is 9.56. The minimum Gasteiger partial charge on any atom is -0.361 e. The lowest BCUT2D eigenvalue weighted by Gasteiger charge is -2.34. The second-order valence-corrected chi connectivity index (χ2v) is 14.3. The molecule has 0 saturated carbocycles. The molecule has 0 fully saturated rings. The zero-order chi connectivity index (χ0) is 38.7. The number of fused-ring (bicyclic) bond motifs is 1. The molecule has 0 aliphatic rings. The van der Waals surface area contributed by atoms with Crippen LogP contribution in [0.3, 0.4) is 0 Å². The summed E-state index contributed by atoms with van der Waals surface area (Å²) >= 11 is 0. The number of benzene rings is 3. The van der Waals surface area contributed by atoms with Crippen molar-refractivity contribution in [2.75, 3.05) is 20.1 Å². The van der Waals surface area contributed by atoms with Crippen LogP contribution in [0.15, 0.2) is 91.1 Å². The van der Waals surface area contributed by atoms with E-state index in [4.69, 9.17) is 5.73 Å². The van der Waals surface area contributed by atoms with E-state index in [-0.39, 0.29) is 55.9 Å². The number of aromatic nitrogens is 1. The molecule has 0 bridgehead atoms. The van der Waals surface area contributed by atoms with Crippen molar-refractivity contribution in [1.82, 2.24) is 25.4 Å². The number of nitrogens with one attached hydrogen (secondary N) is 3. The van der Waals surface area contributed by atoms with E-state index < -0.39 is 18.1 Å². The second-order valence-electron chi connectivity index (χ2n) is 14.3. The number of carbonyl (C=O) groups excluding carboxylic acids is 4. The number of para-hydroxylation sites is 1. The first-order valence-electron chi connectivity index (χ1n) is 19.7. The summed E-state index contributed by atoms with van der Waals surface area (Å²) in [4.78, 5) is 62.5. The third kappa shape index (κ3) is 13.2. The first-order chi connectivity index (χ1) is 26.2. The zero-order valence-electron chi connectivity index (χ0n) is 32.4. The van der Waals surface area contributed by atoms with Crippen LogP contribution in [0.25, 0.3) is 10.9 Å². The van der Waals surface area contributed by atoms with Gasteiger partial charge in [-0.1, -0.05) is 112 Å². The van der Waals surface area contributed by atoms with Gasteiger partial charge in [0, 0.05) is 75.0 Å². The molecule has 10 nitrogen and oxygen atoms in total. The fraction of sp³-hybridized carbons (Fsp3) is 0.455. The molecule has 0 radical (unpaired) electrons. The van der Waals surface area contributed by atoms with E-state index >= 15 is 0 Å². The number of hydrogen-bond acceptors (Lipinski definition) is 5. The van der Waals surface area contributed by atoms with Gasteiger partial charge in [0.1, 0.15) is 6.04 Å². The van der Waals surface area contributed by atoms with Crippen LogP contribution in [0.4, 0.5) is 0 Å². The van der Waals surface area contributed by atoms with Crippen molar-refractivity contribution >= 4 is 34.5 Å². The Morgan fingerprint density at radius 1 is 0.741 bits per heavy atom. The first-order valence-corrected chi connectivity index (χ1v) is 19.7. The van der Waals surface area contributed by atoms with Gasteiger partial charge in [0.25, 0.3) is 0 Å². The molecule has 3 aromatic carbocycles. The van der Waals surface area contributed by atoms with Crippen molar-refractivity contribution in [3.05, 3.63) is 108 Å². The number of nitrogens with two attached hydrogens (primary N) is 1. The van der Waals surface area contributed by atoms with Gasteiger partial charge in [-0.05, 0) is 55.0 Å². The van der Waals surface area contributed by atoms with E-state index in [1.165, 1.54) is 0 Å². The highest BCUT2D eigenvalue weighted by molar-refractivity contribution is 5.90. The maximum atomic E-state index is 14.8. The summed E-state index contributed by atoms with van der Waals surface area (Å²) in [6.45, 7) is 5.30. The molecule has 4 rings (SSSR count). The Labute approximate surface area is 321 Å². The number of hydrogen-bond donors (Lipinski definition) is 4. The van der Waals surface area contributed by atoms with E-state index in [2.05, 4.69) is 22.5 Å². The van der Waals surface area contributed by atoms with Gasteiger partial charge in [-0.3, -0.25) is 19.2 Å². The lowest BCUT2D eigenvalue weighted by molar-refractivity contribution is -0.142. The van der Waals surface area contributed by atoms with Crippen LogP contribution >= 0.6 is 0 Å². The number of aromatic amines is 1. The SMILES string of the molecule is CCCCCN(C)C(=O)CC(CCCCN)NC(=O)[C@H](Cc1c[nH]c2ccccc12)N(Cc1ccccc1)C(=O)C[C@@H](Cc1ccccc1)NC(=O)CC. The molecule has 10 heteroatoms. The average Bonchev–Trinajstić information content (AvgIpc) is 3.59. The van der Waals surface area contributed by atoms with E-state index in [1.54, 1.807) is 16.7 Å². The molecule has 1 heterocycles. The molecule has 1 unspecified atom stereocenters. The van der Waals surface area contributed by atoms with Gasteiger partial charge in [0.2, 0.25) is 23.6 Å². The van der Waals surface area contributed by atoms with Gasteiger partial charge in [0.15, 0.2) is 0 Å². The summed E-state index contributed by atoms with van der Waals surface area (Å²) in [5, 5.41) is 7.29. The third-order valence-corrected chi connectivity index (χ3v) is 10.0. The second kappa shape index (κ2) is 22.3. The maximum absolute atomic E-state index is 14.8. The maximum Gasteiger partial charge on any atom is 0.243 e. The number of unbranched alkanes of at least 4 members (excludes halogenated alkanes) is 3. The first kappa shape index (κ1) is 41.8. The summed E-state index contributed by atoms with van der Waals surface area (Å²) < 4.78 is 0. The molecule has 1 aromatic heterocycles. The highest BCUT2D eigenvalue weighted by atomic mass is 16.2. The van der Waals surface area contributed by atoms with Crippen LogP contribution in [0.5, 0.6) is 0 Å². The lowest BCUT2D eigenvalue weighted by atomic mass is 9.98. The number of amides is 4. The molecular weight excluding hydrogens is 677 g/mol. The van der Waals surface area contributed by atoms with E-state index in [0.717, 1.165) is 59.7 Å². The van der Waals surface area contributed by atoms with Gasteiger partial charge in [-0.25, -0.2) is 0 Å². The Balaban J connectivity index is 1.71. The molecule has 4 aromatic rings. The molecule has 54 heavy (non-hydrogen) atoms. The van der Waals surface area contributed by atoms with Crippen molar-refractivity contribution in [3.8, 4) is 0 Å². The Morgan fingerprint density at radius 2 is 1.41 bits per heavy atom. The molecule has 0 aliphatic carbocycles. The van der Waals surface area contributed by atoms with Gasteiger partial charge in [0.05, 0.1) is 0 Å². The molecule has 0 aliphatic heterocycles. The Kier molecular flexibility index (Phi) is 17.3. The lowest BCUT2D eigenvalue weighted by Crippen LogP contribution is -2.54. The van der Waals surface area contributed by atoms with Crippen molar-refractivity contribution in [2.45, 2.75) is 109 Å². The van der Waals surface area contributed by atoms with Crippen LogP contribution in [-0.4, -0.2) is 76.7 Å². The van der Waals surface area contributed by atoms with Crippen LogP contribution in [0.1, 0.15) is 88.3 Å². The molecule has 5 N–H and O–H groups in total. The fourth-order valence-corrected chi connectivity index (χ4v) is 6.88. The summed E-state index contributed by atoms with van der Waals surface area (Å²) in [5.74, 6) is -0.732. The fourth-order valence-electron chi connectivity index (χ4n) is 6.88. The Bertz CT molecular complexity index is 1740. The van der Waals surface area contributed by atoms with Crippen LogP contribution < -0.4 is 16.4 Å². The zero-order valence-corrected chi connectivity index (χ0v) is 32.4. The number of nitrogens with zero attached hydrogens (tertiary/aromatic N) is 2. The number of carbonyl (C=O) groups is 4. The monoisotopic (exact) mass is 736 g/mol. The number of rotatable bonds is 23. The van der Waals surface area contributed by atoms with E-state index in [9.17, 15) is 19.2 Å². The van der Waals surface area contributed by atoms with Gasteiger partial charge >= 0.3 is 0 Å². The number of H-pyrrole nitrogens is 1. The van der Waals surface area contributed by atoms with Gasteiger partial charge in [-0.15, -0.1) is 0 Å². The van der Waals surface area contributed by atoms with Crippen molar-refractivity contribution in [2.24, 2.45) is 5.73 Å². The highest BCUT2D eigenvalue weighted by Gasteiger charge is 2.34. The quantitative estimate of drug-likeness (QED) is 0.0664. The molecular formula is C44H60N6O4. The smallest absolute Gasteiger partial charge is 0.243 e. The van der Waals surface area contributed by atoms with E-state index in [0.29, 0.717) is 25.9 Å². The summed E-state index contributed by atoms with van der Waals surface area (Å²) in [7, 11) is 1.82. The molecule has 290 valence electrons. The van der Waals surface area contributed by atoms with Crippen molar-refractivity contribution in [1.29, 1.82) is 0 Å². The average molecular weight is 737 g/mol. The molecule has 4 amide bonds. The Hall–Kier alpha value is -4.96. The molecule has 0 saturated heterocycles. The largest absolute Gasteiger partial charge is 0.361 e.